The van der Waals surface area contributed by atoms with E-state index in [1.165, 1.54) is 0 Å². The second-order valence-corrected chi connectivity index (χ2v) is 4.31. The minimum absolute atomic E-state index is 0.700. The highest BCUT2D eigenvalue weighted by Crippen LogP contribution is 2.28. The first-order chi connectivity index (χ1) is 8.17. The lowest BCUT2D eigenvalue weighted by atomic mass is 10.1. The van der Waals surface area contributed by atoms with Gasteiger partial charge in [-0.25, -0.2) is 4.98 Å². The Labute approximate surface area is 106 Å². The number of nitrogens with two attached hydrogens (primary N) is 1. The summed E-state index contributed by atoms with van der Waals surface area (Å²) in [6, 6.07) is 7.62. The zero-order valence-corrected chi connectivity index (χ0v) is 10.8. The van der Waals surface area contributed by atoms with Crippen molar-refractivity contribution in [3.63, 3.8) is 0 Å². The number of imidazole rings is 1. The van der Waals surface area contributed by atoms with E-state index in [4.69, 9.17) is 17.3 Å². The van der Waals surface area contributed by atoms with Crippen LogP contribution in [0.2, 0.25) is 5.02 Å². The molecule has 0 atom stereocenters. The van der Waals surface area contributed by atoms with Gasteiger partial charge in [-0.3, -0.25) is 0 Å². The van der Waals surface area contributed by atoms with Crippen molar-refractivity contribution in [2.75, 3.05) is 5.73 Å². The van der Waals surface area contributed by atoms with E-state index in [0.29, 0.717) is 10.8 Å². The van der Waals surface area contributed by atoms with Crippen LogP contribution in [0.25, 0.3) is 11.3 Å². The van der Waals surface area contributed by atoms with Crippen molar-refractivity contribution in [1.29, 1.82) is 0 Å². The minimum Gasteiger partial charge on any atom is -0.383 e. The number of benzene rings is 1. The van der Waals surface area contributed by atoms with E-state index in [1.54, 1.807) is 0 Å². The normalized spacial score (nSPS) is 10.8. The average molecular weight is 250 g/mol. The van der Waals surface area contributed by atoms with E-state index in [-0.39, 0.29) is 0 Å². The standard InChI is InChI=1S/C13H16ClN3/c1-3-11-16-12(13(15)17(11)4-2)9-6-5-7-10(14)8-9/h5-8H,3-4,15H2,1-2H3. The molecule has 0 bridgehead atoms. The Balaban J connectivity index is 2.56. The van der Waals surface area contributed by atoms with Crippen molar-refractivity contribution in [2.24, 2.45) is 0 Å². The van der Waals surface area contributed by atoms with Crippen LogP contribution < -0.4 is 5.73 Å². The molecule has 0 radical (unpaired) electrons. The van der Waals surface area contributed by atoms with Gasteiger partial charge in [-0.1, -0.05) is 30.7 Å². The fourth-order valence-corrected chi connectivity index (χ4v) is 2.17. The first-order valence-electron chi connectivity index (χ1n) is 5.78. The lowest BCUT2D eigenvalue weighted by Gasteiger charge is -2.04. The van der Waals surface area contributed by atoms with Gasteiger partial charge in [0.1, 0.15) is 17.3 Å². The van der Waals surface area contributed by atoms with Crippen LogP contribution in [-0.2, 0) is 13.0 Å². The SMILES string of the molecule is CCc1nc(-c2cccc(Cl)c2)c(N)n1CC. The number of hydrogen-bond acceptors (Lipinski definition) is 2. The molecule has 0 fully saturated rings. The molecular formula is C13H16ClN3. The number of anilines is 1. The second-order valence-electron chi connectivity index (χ2n) is 3.87. The molecule has 0 aliphatic heterocycles. The molecule has 2 N–H and O–H groups in total. The molecule has 2 rings (SSSR count). The molecule has 0 spiro atoms. The summed E-state index contributed by atoms with van der Waals surface area (Å²) in [4.78, 5) is 4.59. The van der Waals surface area contributed by atoms with Gasteiger partial charge in [0.15, 0.2) is 0 Å². The topological polar surface area (TPSA) is 43.8 Å². The van der Waals surface area contributed by atoms with Crippen LogP contribution in [0, 0.1) is 0 Å². The van der Waals surface area contributed by atoms with Crippen molar-refractivity contribution in [2.45, 2.75) is 26.8 Å². The maximum atomic E-state index is 6.13. The highest BCUT2D eigenvalue weighted by Gasteiger charge is 2.13. The molecule has 90 valence electrons. The van der Waals surface area contributed by atoms with E-state index >= 15 is 0 Å². The van der Waals surface area contributed by atoms with Crippen molar-refractivity contribution in [1.82, 2.24) is 9.55 Å². The number of aryl methyl sites for hydroxylation is 1. The molecule has 0 aliphatic rings. The fraction of sp³-hybridized carbons (Fsp3) is 0.308. The quantitative estimate of drug-likeness (QED) is 0.906. The van der Waals surface area contributed by atoms with Gasteiger partial charge in [-0.05, 0) is 19.1 Å². The molecule has 3 nitrogen and oxygen atoms in total. The molecule has 1 aromatic heterocycles. The van der Waals surface area contributed by atoms with Crippen LogP contribution in [-0.4, -0.2) is 9.55 Å². The number of hydrogen-bond donors (Lipinski definition) is 1. The Morgan fingerprint density at radius 2 is 2.12 bits per heavy atom. The molecule has 0 saturated carbocycles. The minimum atomic E-state index is 0.700. The van der Waals surface area contributed by atoms with Crippen LogP contribution in [0.1, 0.15) is 19.7 Å². The van der Waals surface area contributed by atoms with Crippen LogP contribution in [0.3, 0.4) is 0 Å². The highest BCUT2D eigenvalue weighted by molar-refractivity contribution is 6.30. The van der Waals surface area contributed by atoms with Gasteiger partial charge in [0.05, 0.1) is 0 Å². The Morgan fingerprint density at radius 1 is 1.35 bits per heavy atom. The summed E-state index contributed by atoms with van der Waals surface area (Å²) < 4.78 is 2.04. The monoisotopic (exact) mass is 249 g/mol. The first-order valence-corrected chi connectivity index (χ1v) is 6.16. The number of rotatable bonds is 3. The molecule has 0 aliphatic carbocycles. The molecule has 4 heteroatoms. The summed E-state index contributed by atoms with van der Waals surface area (Å²) in [6.45, 7) is 4.98. The molecular weight excluding hydrogens is 234 g/mol. The van der Waals surface area contributed by atoms with E-state index in [9.17, 15) is 0 Å². The van der Waals surface area contributed by atoms with Crippen LogP contribution in [0.5, 0.6) is 0 Å². The van der Waals surface area contributed by atoms with Crippen molar-refractivity contribution >= 4 is 17.4 Å². The maximum Gasteiger partial charge on any atom is 0.131 e. The second kappa shape index (κ2) is 4.80. The summed E-state index contributed by atoms with van der Waals surface area (Å²) in [7, 11) is 0. The van der Waals surface area contributed by atoms with E-state index < -0.39 is 0 Å². The predicted molar refractivity (Wildman–Crippen MR) is 72.1 cm³/mol. The Bertz CT molecular complexity index is 531. The summed E-state index contributed by atoms with van der Waals surface area (Å²) in [5, 5.41) is 0.700. The molecule has 17 heavy (non-hydrogen) atoms. The largest absolute Gasteiger partial charge is 0.383 e. The zero-order chi connectivity index (χ0) is 12.4. The molecule has 2 aromatic rings. The summed E-state index contributed by atoms with van der Waals surface area (Å²) in [5.74, 6) is 1.73. The highest BCUT2D eigenvalue weighted by atomic mass is 35.5. The summed E-state index contributed by atoms with van der Waals surface area (Å²) >= 11 is 5.99. The van der Waals surface area contributed by atoms with Gasteiger partial charge in [-0.2, -0.15) is 0 Å². The lowest BCUT2D eigenvalue weighted by Crippen LogP contribution is -2.04. The van der Waals surface area contributed by atoms with Crippen molar-refractivity contribution < 1.29 is 0 Å². The summed E-state index contributed by atoms with van der Waals surface area (Å²) in [5.41, 5.74) is 7.92. The van der Waals surface area contributed by atoms with Crippen LogP contribution in [0.15, 0.2) is 24.3 Å². The average Bonchev–Trinajstić information content (AvgIpc) is 2.65. The third-order valence-corrected chi connectivity index (χ3v) is 3.05. The number of halogens is 1. The van der Waals surface area contributed by atoms with Gasteiger partial charge in [0, 0.05) is 23.6 Å². The van der Waals surface area contributed by atoms with Gasteiger partial charge in [0.2, 0.25) is 0 Å². The molecule has 0 unspecified atom stereocenters. The molecule has 1 aromatic carbocycles. The van der Waals surface area contributed by atoms with Crippen LogP contribution in [0.4, 0.5) is 5.82 Å². The third-order valence-electron chi connectivity index (χ3n) is 2.82. The van der Waals surface area contributed by atoms with Gasteiger partial charge in [-0.15, -0.1) is 0 Å². The number of aromatic nitrogens is 2. The Morgan fingerprint density at radius 3 is 2.65 bits per heavy atom. The fourth-order valence-electron chi connectivity index (χ4n) is 1.98. The van der Waals surface area contributed by atoms with Gasteiger partial charge < -0.3 is 10.3 Å². The molecule has 0 amide bonds. The van der Waals surface area contributed by atoms with E-state index in [0.717, 1.165) is 30.0 Å². The Kier molecular flexibility index (Phi) is 3.38. The predicted octanol–water partition coefficient (Wildman–Crippen LogP) is 3.37. The van der Waals surface area contributed by atoms with Crippen LogP contribution >= 0.6 is 11.6 Å². The lowest BCUT2D eigenvalue weighted by molar-refractivity contribution is 0.713. The van der Waals surface area contributed by atoms with Crippen molar-refractivity contribution in [3.05, 3.63) is 35.1 Å². The number of nitrogens with zero attached hydrogens (tertiary/aromatic N) is 2. The molecule has 1 heterocycles. The van der Waals surface area contributed by atoms with E-state index in [2.05, 4.69) is 18.8 Å². The molecule has 0 saturated heterocycles. The third kappa shape index (κ3) is 2.15. The van der Waals surface area contributed by atoms with Gasteiger partial charge >= 0.3 is 0 Å². The maximum absolute atomic E-state index is 6.13. The van der Waals surface area contributed by atoms with Crippen molar-refractivity contribution in [3.8, 4) is 11.3 Å². The smallest absolute Gasteiger partial charge is 0.131 e. The number of nitrogen functional groups attached to an aromatic ring is 1. The Hall–Kier alpha value is -1.48. The van der Waals surface area contributed by atoms with E-state index in [1.807, 2.05) is 28.8 Å². The first kappa shape index (κ1) is 12.0. The van der Waals surface area contributed by atoms with Gasteiger partial charge in [0.25, 0.3) is 0 Å². The summed E-state index contributed by atoms with van der Waals surface area (Å²) in [6.07, 6.45) is 0.874. The zero-order valence-electron chi connectivity index (χ0n) is 10.1.